The zero-order chi connectivity index (χ0) is 26.9. The molecule has 1 fully saturated rings. The Bertz CT molecular complexity index is 1400. The van der Waals surface area contributed by atoms with Gasteiger partial charge in [-0.1, -0.05) is 18.2 Å². The number of aryl methyl sites for hydroxylation is 1. The lowest BCUT2D eigenvalue weighted by Crippen LogP contribution is -2.37. The van der Waals surface area contributed by atoms with E-state index in [2.05, 4.69) is 21.4 Å². The number of aliphatic hydroxyl groups excluding tert-OH is 1. The lowest BCUT2D eigenvalue weighted by atomic mass is 9.76. The molecule has 0 amide bonds. The third-order valence-electron chi connectivity index (χ3n) is 7.25. The smallest absolute Gasteiger partial charge is 0.266 e. The Labute approximate surface area is 212 Å². The average molecular weight is 515 g/mol. The van der Waals surface area contributed by atoms with Crippen LogP contribution in [0, 0.1) is 17.1 Å². The molecular weight excluding hydrogens is 485 g/mol. The van der Waals surface area contributed by atoms with Crippen molar-refractivity contribution in [3.8, 4) is 6.07 Å². The number of rotatable bonds is 6. The van der Waals surface area contributed by atoms with Gasteiger partial charge >= 0.3 is 0 Å². The third kappa shape index (κ3) is 4.91. The second-order valence-corrected chi connectivity index (χ2v) is 9.51. The Morgan fingerprint density at radius 3 is 2.59 bits per heavy atom. The van der Waals surface area contributed by atoms with Gasteiger partial charge in [-0.3, -0.25) is 14.3 Å². The molecule has 2 unspecified atom stereocenters. The van der Waals surface area contributed by atoms with Gasteiger partial charge in [-0.15, -0.1) is 0 Å². The Morgan fingerprint density at radius 1 is 1.19 bits per heavy atom. The number of pyridine rings is 1. The molecule has 1 aromatic carbocycles. The monoisotopic (exact) mass is 514 g/mol. The van der Waals surface area contributed by atoms with E-state index in [-0.39, 0.29) is 16.9 Å². The molecule has 0 saturated carbocycles. The number of aliphatic hydroxyl groups is 1. The fraction of sp³-hybridized carbons (Fsp3) is 0.462. The van der Waals surface area contributed by atoms with E-state index in [0.717, 1.165) is 6.07 Å². The topological polar surface area (TPSA) is 107 Å². The number of aromatic nitrogens is 3. The predicted molar refractivity (Wildman–Crippen MR) is 133 cm³/mol. The molecule has 1 aliphatic heterocycles. The van der Waals surface area contributed by atoms with Gasteiger partial charge in [0.2, 0.25) is 0 Å². The summed E-state index contributed by atoms with van der Waals surface area (Å²) in [6.07, 6.45) is -0.944. The molecule has 37 heavy (non-hydrogen) atoms. The zero-order valence-corrected chi connectivity index (χ0v) is 20.9. The van der Waals surface area contributed by atoms with Crippen molar-refractivity contribution in [1.29, 1.82) is 5.26 Å². The SMILES string of the molecule is CC(O)N1CCCC(C#N)(c2cc3c(N[C@H](C)c4cccc(C(F)F)c4F)ncnc3n(C)c2=O)CC1. The van der Waals surface area contributed by atoms with Crippen molar-refractivity contribution < 1.29 is 18.3 Å². The van der Waals surface area contributed by atoms with E-state index in [1.807, 2.05) is 4.90 Å². The van der Waals surface area contributed by atoms with Gasteiger partial charge in [0.05, 0.1) is 28.5 Å². The highest BCUT2D eigenvalue weighted by atomic mass is 19.3. The number of nitrogens with zero attached hydrogens (tertiary/aromatic N) is 5. The van der Waals surface area contributed by atoms with Gasteiger partial charge in [-0.25, -0.2) is 23.1 Å². The fourth-order valence-corrected chi connectivity index (χ4v) is 5.05. The van der Waals surface area contributed by atoms with Crippen molar-refractivity contribution in [2.75, 3.05) is 18.4 Å². The van der Waals surface area contributed by atoms with Gasteiger partial charge in [0.25, 0.3) is 12.0 Å². The van der Waals surface area contributed by atoms with Crippen molar-refractivity contribution in [2.45, 2.75) is 57.2 Å². The summed E-state index contributed by atoms with van der Waals surface area (Å²) in [4.78, 5) is 23.8. The van der Waals surface area contributed by atoms with Crippen LogP contribution in [0.1, 0.15) is 62.3 Å². The quantitative estimate of drug-likeness (QED) is 0.509. The van der Waals surface area contributed by atoms with Crippen LogP contribution in [0.4, 0.5) is 19.0 Å². The van der Waals surface area contributed by atoms with Gasteiger partial charge in [-0.2, -0.15) is 5.26 Å². The lowest BCUT2D eigenvalue weighted by Gasteiger charge is -2.27. The number of likely N-dealkylation sites (tertiary alicyclic amines) is 1. The predicted octanol–water partition coefficient (Wildman–Crippen LogP) is 4.16. The van der Waals surface area contributed by atoms with E-state index < -0.39 is 35.5 Å². The summed E-state index contributed by atoms with van der Waals surface area (Å²) < 4.78 is 42.6. The molecule has 1 saturated heterocycles. The standard InChI is InChI=1S/C26H29F3N6O2/c1-15(17-6-4-7-18(21(17)27)22(28)29)33-23-19-12-20(25(37)34(3)24(19)32-14-31-23)26(13-30)8-5-10-35(11-9-26)16(2)36/h4,6-7,12,14-16,22,36H,5,8-11H2,1-3H3,(H,31,32,33)/t15-,16?,26?/m1/s1. The first kappa shape index (κ1) is 26.6. The van der Waals surface area contributed by atoms with Crippen LogP contribution in [0.2, 0.25) is 0 Å². The molecule has 1 aliphatic rings. The maximum atomic E-state index is 14.8. The molecule has 196 valence electrons. The van der Waals surface area contributed by atoms with Gasteiger partial charge < -0.3 is 10.4 Å². The number of hydrogen-bond donors (Lipinski definition) is 2. The maximum Gasteiger partial charge on any atom is 0.266 e. The van der Waals surface area contributed by atoms with Gasteiger partial charge in [0.15, 0.2) is 0 Å². The minimum Gasteiger partial charge on any atom is -0.379 e. The Balaban J connectivity index is 1.79. The highest BCUT2D eigenvalue weighted by Crippen LogP contribution is 2.36. The van der Waals surface area contributed by atoms with Crippen LogP contribution in [-0.4, -0.2) is 43.9 Å². The van der Waals surface area contributed by atoms with Crippen LogP contribution in [0.5, 0.6) is 0 Å². The molecule has 0 bridgehead atoms. The minimum atomic E-state index is -2.95. The molecule has 0 radical (unpaired) electrons. The number of alkyl halides is 2. The van der Waals surface area contributed by atoms with Crippen LogP contribution in [-0.2, 0) is 12.5 Å². The van der Waals surface area contributed by atoms with Gasteiger partial charge in [0, 0.05) is 31.3 Å². The second-order valence-electron chi connectivity index (χ2n) is 9.51. The summed E-state index contributed by atoms with van der Waals surface area (Å²) in [6.45, 7) is 4.34. The molecule has 8 nitrogen and oxygen atoms in total. The van der Waals surface area contributed by atoms with Crippen molar-refractivity contribution in [1.82, 2.24) is 19.4 Å². The number of fused-ring (bicyclic) bond motifs is 1. The Hall–Kier alpha value is -3.49. The van der Waals surface area contributed by atoms with E-state index >= 15 is 0 Å². The Morgan fingerprint density at radius 2 is 1.92 bits per heavy atom. The normalized spacial score (nSPS) is 20.4. The molecule has 2 aromatic heterocycles. The molecule has 3 heterocycles. The number of nitrogens with one attached hydrogen (secondary N) is 1. The first-order chi connectivity index (χ1) is 17.6. The van der Waals surface area contributed by atoms with E-state index in [1.165, 1.54) is 23.0 Å². The van der Waals surface area contributed by atoms with Crippen LogP contribution in [0.25, 0.3) is 11.0 Å². The van der Waals surface area contributed by atoms with E-state index in [1.54, 1.807) is 27.0 Å². The van der Waals surface area contributed by atoms with Crippen LogP contribution in [0.15, 0.2) is 35.4 Å². The highest BCUT2D eigenvalue weighted by Gasteiger charge is 2.38. The van der Waals surface area contributed by atoms with Crippen molar-refractivity contribution in [2.24, 2.45) is 7.05 Å². The van der Waals surface area contributed by atoms with Crippen LogP contribution < -0.4 is 10.9 Å². The lowest BCUT2D eigenvalue weighted by molar-refractivity contribution is 0.0207. The number of anilines is 1. The number of benzene rings is 1. The van der Waals surface area contributed by atoms with Crippen molar-refractivity contribution in [3.63, 3.8) is 0 Å². The molecular formula is C26H29F3N6O2. The molecule has 0 aliphatic carbocycles. The summed E-state index contributed by atoms with van der Waals surface area (Å²) in [5.41, 5.74) is -1.46. The number of hydrogen-bond acceptors (Lipinski definition) is 7. The van der Waals surface area contributed by atoms with E-state index in [4.69, 9.17) is 0 Å². The summed E-state index contributed by atoms with van der Waals surface area (Å²) in [5, 5.41) is 23.8. The number of halogens is 3. The molecule has 11 heteroatoms. The second kappa shape index (κ2) is 10.5. The maximum absolute atomic E-state index is 14.8. The van der Waals surface area contributed by atoms with Gasteiger partial charge in [-0.05, 0) is 39.2 Å². The molecule has 3 atom stereocenters. The molecule has 2 N–H and O–H groups in total. The van der Waals surface area contributed by atoms with Crippen molar-refractivity contribution in [3.05, 3.63) is 63.5 Å². The zero-order valence-electron chi connectivity index (χ0n) is 20.9. The van der Waals surface area contributed by atoms with Gasteiger partial charge in [0.1, 0.15) is 29.8 Å². The Kier molecular flexibility index (Phi) is 7.52. The van der Waals surface area contributed by atoms with Crippen LogP contribution >= 0.6 is 0 Å². The first-order valence-electron chi connectivity index (χ1n) is 12.1. The van der Waals surface area contributed by atoms with E-state index in [9.17, 15) is 28.3 Å². The average Bonchev–Trinajstić information content (AvgIpc) is 3.10. The third-order valence-corrected chi connectivity index (χ3v) is 7.25. The van der Waals surface area contributed by atoms with Crippen molar-refractivity contribution >= 4 is 16.9 Å². The summed E-state index contributed by atoms with van der Waals surface area (Å²) in [7, 11) is 1.56. The fourth-order valence-electron chi connectivity index (χ4n) is 5.05. The largest absolute Gasteiger partial charge is 0.379 e. The van der Waals surface area contributed by atoms with Crippen LogP contribution in [0.3, 0.4) is 0 Å². The van der Waals surface area contributed by atoms with E-state index in [0.29, 0.717) is 48.9 Å². The minimum absolute atomic E-state index is 0.0464. The number of nitriles is 1. The highest BCUT2D eigenvalue weighted by molar-refractivity contribution is 5.87. The summed E-state index contributed by atoms with van der Waals surface area (Å²) in [5.74, 6) is -0.711. The summed E-state index contributed by atoms with van der Waals surface area (Å²) >= 11 is 0. The molecule has 3 aromatic rings. The summed E-state index contributed by atoms with van der Waals surface area (Å²) in [6, 6.07) is 7.09. The molecule has 4 rings (SSSR count). The first-order valence-corrected chi connectivity index (χ1v) is 12.1. The molecule has 0 spiro atoms.